The van der Waals surface area contributed by atoms with Crippen LogP contribution in [0.1, 0.15) is 17.4 Å². The van der Waals surface area contributed by atoms with Crippen LogP contribution in [0.5, 0.6) is 0 Å². The van der Waals surface area contributed by atoms with Crippen LogP contribution in [-0.2, 0) is 0 Å². The Morgan fingerprint density at radius 1 is 1.54 bits per heavy atom. The molecular formula is C9H8INOS. The number of thiophene rings is 1. The maximum Gasteiger partial charge on any atom is 0.125 e. The van der Waals surface area contributed by atoms with Crippen LogP contribution in [0.2, 0.25) is 0 Å². The first-order valence-electron chi connectivity index (χ1n) is 3.80. The van der Waals surface area contributed by atoms with Crippen LogP contribution in [0.3, 0.4) is 0 Å². The molecule has 2 aromatic rings. The van der Waals surface area contributed by atoms with Gasteiger partial charge in [-0.25, -0.2) is 0 Å². The van der Waals surface area contributed by atoms with Gasteiger partial charge in [0.1, 0.15) is 5.76 Å². The Morgan fingerprint density at radius 2 is 2.38 bits per heavy atom. The van der Waals surface area contributed by atoms with E-state index in [1.54, 1.807) is 17.6 Å². The minimum atomic E-state index is -0.130. The third-order valence-electron chi connectivity index (χ3n) is 1.80. The van der Waals surface area contributed by atoms with Gasteiger partial charge in [0.2, 0.25) is 0 Å². The molecule has 2 N–H and O–H groups in total. The van der Waals surface area contributed by atoms with Crippen molar-refractivity contribution in [3.63, 3.8) is 0 Å². The average molecular weight is 305 g/mol. The molecule has 0 bridgehead atoms. The Bertz CT molecular complexity index is 382. The fourth-order valence-electron chi connectivity index (χ4n) is 1.12. The quantitative estimate of drug-likeness (QED) is 0.866. The van der Waals surface area contributed by atoms with E-state index >= 15 is 0 Å². The molecule has 2 nitrogen and oxygen atoms in total. The second kappa shape index (κ2) is 3.81. The van der Waals surface area contributed by atoms with E-state index in [-0.39, 0.29) is 6.04 Å². The van der Waals surface area contributed by atoms with Gasteiger partial charge in [-0.15, -0.1) is 11.3 Å². The van der Waals surface area contributed by atoms with Gasteiger partial charge in [-0.05, 0) is 51.7 Å². The zero-order valence-corrected chi connectivity index (χ0v) is 9.71. The van der Waals surface area contributed by atoms with Gasteiger partial charge >= 0.3 is 0 Å². The van der Waals surface area contributed by atoms with Crippen molar-refractivity contribution in [3.8, 4) is 0 Å². The summed E-state index contributed by atoms with van der Waals surface area (Å²) in [5.41, 5.74) is 7.10. The summed E-state index contributed by atoms with van der Waals surface area (Å²) in [7, 11) is 0. The van der Waals surface area contributed by atoms with E-state index in [4.69, 9.17) is 10.2 Å². The molecule has 13 heavy (non-hydrogen) atoms. The van der Waals surface area contributed by atoms with Gasteiger partial charge < -0.3 is 10.2 Å². The summed E-state index contributed by atoms with van der Waals surface area (Å²) in [5, 5.41) is 2.06. The molecule has 0 aliphatic heterocycles. The lowest BCUT2D eigenvalue weighted by atomic mass is 10.1. The summed E-state index contributed by atoms with van der Waals surface area (Å²) < 4.78 is 6.48. The predicted molar refractivity (Wildman–Crippen MR) is 61.8 cm³/mol. The van der Waals surface area contributed by atoms with Gasteiger partial charge in [0.25, 0.3) is 0 Å². The minimum absolute atomic E-state index is 0.130. The van der Waals surface area contributed by atoms with Crippen molar-refractivity contribution in [2.24, 2.45) is 5.73 Å². The van der Waals surface area contributed by atoms with E-state index in [0.29, 0.717) is 0 Å². The largest absolute Gasteiger partial charge is 0.467 e. The normalized spacial score (nSPS) is 13.1. The molecule has 2 aromatic heterocycles. The molecule has 68 valence electrons. The first-order valence-corrected chi connectivity index (χ1v) is 5.76. The summed E-state index contributed by atoms with van der Waals surface area (Å²) in [6.07, 6.45) is 1.65. The van der Waals surface area contributed by atoms with Crippen LogP contribution in [0.15, 0.2) is 34.3 Å². The van der Waals surface area contributed by atoms with E-state index in [2.05, 4.69) is 34.0 Å². The lowest BCUT2D eigenvalue weighted by Gasteiger charge is -2.04. The molecule has 0 fully saturated rings. The molecule has 0 aliphatic rings. The van der Waals surface area contributed by atoms with Gasteiger partial charge in [0.15, 0.2) is 0 Å². The molecule has 2 heterocycles. The molecule has 2 rings (SSSR count). The van der Waals surface area contributed by atoms with Crippen LogP contribution >= 0.6 is 33.9 Å². The van der Waals surface area contributed by atoms with E-state index in [1.165, 1.54) is 2.88 Å². The van der Waals surface area contributed by atoms with Crippen molar-refractivity contribution in [2.75, 3.05) is 0 Å². The third kappa shape index (κ3) is 1.95. The Labute approximate surface area is 93.9 Å². The number of hydrogen-bond acceptors (Lipinski definition) is 3. The van der Waals surface area contributed by atoms with Crippen molar-refractivity contribution in [1.29, 1.82) is 0 Å². The Hall–Kier alpha value is -0.330. The highest BCUT2D eigenvalue weighted by molar-refractivity contribution is 14.1. The number of nitrogens with two attached hydrogens (primary N) is 1. The van der Waals surface area contributed by atoms with Gasteiger partial charge in [-0.2, -0.15) is 0 Å². The summed E-state index contributed by atoms with van der Waals surface area (Å²) in [6.45, 7) is 0. The molecule has 0 radical (unpaired) electrons. The molecule has 0 amide bonds. The van der Waals surface area contributed by atoms with E-state index in [1.807, 2.05) is 12.1 Å². The van der Waals surface area contributed by atoms with E-state index in [9.17, 15) is 0 Å². The summed E-state index contributed by atoms with van der Waals surface area (Å²) in [5.74, 6) is 0.814. The van der Waals surface area contributed by atoms with Crippen molar-refractivity contribution < 1.29 is 4.42 Å². The summed E-state index contributed by atoms with van der Waals surface area (Å²) >= 11 is 3.98. The standard InChI is InChI=1S/C9H8INOS/c10-8-4-6(5-13-8)9(11)7-2-1-3-12-7/h1-5,9H,11H2. The lowest BCUT2D eigenvalue weighted by Crippen LogP contribution is -2.09. The summed E-state index contributed by atoms with van der Waals surface area (Å²) in [4.78, 5) is 0. The SMILES string of the molecule is NC(c1csc(I)c1)c1ccco1. The topological polar surface area (TPSA) is 39.2 Å². The number of halogens is 1. The molecular weight excluding hydrogens is 297 g/mol. The van der Waals surface area contributed by atoms with Crippen LogP contribution in [0.4, 0.5) is 0 Å². The molecule has 4 heteroatoms. The Morgan fingerprint density at radius 3 is 2.92 bits per heavy atom. The van der Waals surface area contributed by atoms with Gasteiger partial charge in [0.05, 0.1) is 15.2 Å². The zero-order valence-electron chi connectivity index (χ0n) is 6.74. The number of furan rings is 1. The molecule has 0 spiro atoms. The fraction of sp³-hybridized carbons (Fsp3) is 0.111. The second-order valence-corrected chi connectivity index (χ2v) is 5.48. The Balaban J connectivity index is 2.28. The van der Waals surface area contributed by atoms with Gasteiger partial charge in [-0.1, -0.05) is 0 Å². The maximum atomic E-state index is 5.98. The second-order valence-electron chi connectivity index (χ2n) is 2.68. The van der Waals surface area contributed by atoms with E-state index in [0.717, 1.165) is 11.3 Å². The van der Waals surface area contributed by atoms with Gasteiger partial charge in [-0.3, -0.25) is 0 Å². The lowest BCUT2D eigenvalue weighted by molar-refractivity contribution is 0.490. The van der Waals surface area contributed by atoms with Crippen LogP contribution in [0, 0.1) is 2.88 Å². The average Bonchev–Trinajstić information content (AvgIpc) is 2.72. The molecule has 0 aromatic carbocycles. The summed E-state index contributed by atoms with van der Waals surface area (Å²) in [6, 6.07) is 5.70. The van der Waals surface area contributed by atoms with Crippen LogP contribution in [-0.4, -0.2) is 0 Å². The minimum Gasteiger partial charge on any atom is -0.467 e. The zero-order chi connectivity index (χ0) is 9.26. The molecule has 1 atom stereocenters. The van der Waals surface area contributed by atoms with Gasteiger partial charge in [0, 0.05) is 0 Å². The molecule has 1 unspecified atom stereocenters. The monoisotopic (exact) mass is 305 g/mol. The van der Waals surface area contributed by atoms with Crippen LogP contribution < -0.4 is 5.73 Å². The molecule has 0 saturated heterocycles. The van der Waals surface area contributed by atoms with Crippen molar-refractivity contribution in [2.45, 2.75) is 6.04 Å². The third-order valence-corrected chi connectivity index (χ3v) is 3.60. The highest BCUT2D eigenvalue weighted by Gasteiger charge is 2.12. The van der Waals surface area contributed by atoms with E-state index < -0.39 is 0 Å². The van der Waals surface area contributed by atoms with Crippen molar-refractivity contribution >= 4 is 33.9 Å². The highest BCUT2D eigenvalue weighted by Crippen LogP contribution is 2.25. The number of rotatable bonds is 2. The van der Waals surface area contributed by atoms with Crippen molar-refractivity contribution in [1.82, 2.24) is 0 Å². The maximum absolute atomic E-state index is 5.98. The Kier molecular flexibility index (Phi) is 2.71. The molecule has 0 saturated carbocycles. The smallest absolute Gasteiger partial charge is 0.125 e. The van der Waals surface area contributed by atoms with Crippen LogP contribution in [0.25, 0.3) is 0 Å². The predicted octanol–water partition coefficient (Wildman–Crippen LogP) is 2.99. The van der Waals surface area contributed by atoms with Crippen molar-refractivity contribution in [3.05, 3.63) is 44.0 Å². The first kappa shape index (κ1) is 9.23. The first-order chi connectivity index (χ1) is 6.27. The fourth-order valence-corrected chi connectivity index (χ4v) is 2.53. The molecule has 0 aliphatic carbocycles. The highest BCUT2D eigenvalue weighted by atomic mass is 127. The number of hydrogen-bond donors (Lipinski definition) is 1.